The van der Waals surface area contributed by atoms with Crippen LogP contribution in [0.1, 0.15) is 26.7 Å². The van der Waals surface area contributed by atoms with Crippen molar-refractivity contribution in [3.63, 3.8) is 0 Å². The molecule has 0 amide bonds. The van der Waals surface area contributed by atoms with Crippen LogP contribution in [0.25, 0.3) is 0 Å². The third kappa shape index (κ3) is 2.43. The van der Waals surface area contributed by atoms with Gasteiger partial charge in [-0.2, -0.15) is 0 Å². The van der Waals surface area contributed by atoms with Crippen LogP contribution in [0.3, 0.4) is 0 Å². The van der Waals surface area contributed by atoms with E-state index in [-0.39, 0.29) is 24.4 Å². The van der Waals surface area contributed by atoms with Crippen LogP contribution >= 0.6 is 0 Å². The standard InChI is InChI=1S/C8H17NO2/c1-5(2)11-8-4-6(10)3-7(8)9/h5-8,10H,3-4,9H2,1-2H3/t6-,7+,8+/m0/s1. The molecule has 1 aliphatic carbocycles. The van der Waals surface area contributed by atoms with Gasteiger partial charge in [0.2, 0.25) is 0 Å². The summed E-state index contributed by atoms with van der Waals surface area (Å²) in [5, 5.41) is 9.22. The maximum Gasteiger partial charge on any atom is 0.0754 e. The Hall–Kier alpha value is -0.120. The molecule has 0 aromatic carbocycles. The van der Waals surface area contributed by atoms with Crippen molar-refractivity contribution in [1.29, 1.82) is 0 Å². The zero-order valence-corrected chi connectivity index (χ0v) is 7.16. The van der Waals surface area contributed by atoms with Crippen LogP contribution in [-0.2, 0) is 4.74 Å². The van der Waals surface area contributed by atoms with Crippen molar-refractivity contribution in [2.24, 2.45) is 5.73 Å². The maximum absolute atomic E-state index is 9.22. The molecule has 0 spiro atoms. The highest BCUT2D eigenvalue weighted by molar-refractivity contribution is 4.87. The minimum atomic E-state index is -0.256. The fraction of sp³-hybridized carbons (Fsp3) is 1.00. The summed E-state index contributed by atoms with van der Waals surface area (Å²) in [7, 11) is 0. The molecule has 0 aromatic heterocycles. The summed E-state index contributed by atoms with van der Waals surface area (Å²) in [4.78, 5) is 0. The molecule has 0 saturated heterocycles. The van der Waals surface area contributed by atoms with E-state index in [4.69, 9.17) is 10.5 Å². The van der Waals surface area contributed by atoms with Crippen molar-refractivity contribution < 1.29 is 9.84 Å². The lowest BCUT2D eigenvalue weighted by Crippen LogP contribution is -2.33. The van der Waals surface area contributed by atoms with Crippen molar-refractivity contribution in [2.45, 2.75) is 51.0 Å². The third-order valence-corrected chi connectivity index (χ3v) is 1.97. The van der Waals surface area contributed by atoms with E-state index in [0.717, 1.165) is 0 Å². The highest BCUT2D eigenvalue weighted by Crippen LogP contribution is 2.21. The summed E-state index contributed by atoms with van der Waals surface area (Å²) in [6.07, 6.45) is 1.38. The van der Waals surface area contributed by atoms with Crippen LogP contribution < -0.4 is 5.73 Å². The monoisotopic (exact) mass is 159 g/mol. The number of nitrogens with two attached hydrogens (primary N) is 1. The first-order valence-electron chi connectivity index (χ1n) is 4.18. The summed E-state index contributed by atoms with van der Waals surface area (Å²) >= 11 is 0. The molecule has 3 nitrogen and oxygen atoms in total. The Kier molecular flexibility index (Phi) is 2.87. The summed E-state index contributed by atoms with van der Waals surface area (Å²) in [5.41, 5.74) is 5.73. The molecule has 1 aliphatic rings. The average Bonchev–Trinajstić information content (AvgIpc) is 2.09. The van der Waals surface area contributed by atoms with Gasteiger partial charge in [-0.05, 0) is 20.3 Å². The van der Waals surface area contributed by atoms with Gasteiger partial charge in [0.25, 0.3) is 0 Å². The largest absolute Gasteiger partial charge is 0.393 e. The van der Waals surface area contributed by atoms with E-state index in [0.29, 0.717) is 12.8 Å². The van der Waals surface area contributed by atoms with Gasteiger partial charge in [0, 0.05) is 12.5 Å². The predicted molar refractivity (Wildman–Crippen MR) is 43.2 cm³/mol. The molecule has 11 heavy (non-hydrogen) atoms. The topological polar surface area (TPSA) is 55.5 Å². The molecule has 1 fully saturated rings. The first kappa shape index (κ1) is 8.97. The SMILES string of the molecule is CC(C)O[C@@H]1C[C@@H](O)C[C@H]1N. The fourth-order valence-corrected chi connectivity index (χ4v) is 1.51. The molecule has 3 atom stereocenters. The van der Waals surface area contributed by atoms with E-state index in [1.54, 1.807) is 0 Å². The number of aliphatic hydroxyl groups excluding tert-OH is 1. The zero-order chi connectivity index (χ0) is 8.43. The summed E-state index contributed by atoms with van der Waals surface area (Å²) in [5.74, 6) is 0. The van der Waals surface area contributed by atoms with Crippen molar-refractivity contribution in [3.05, 3.63) is 0 Å². The van der Waals surface area contributed by atoms with Crippen molar-refractivity contribution in [1.82, 2.24) is 0 Å². The molecule has 0 unspecified atom stereocenters. The minimum absolute atomic E-state index is 0.0207. The Balaban J connectivity index is 2.34. The molecule has 66 valence electrons. The van der Waals surface area contributed by atoms with Crippen molar-refractivity contribution in [3.8, 4) is 0 Å². The van der Waals surface area contributed by atoms with Crippen LogP contribution in [-0.4, -0.2) is 29.5 Å². The second-order valence-corrected chi connectivity index (χ2v) is 3.51. The van der Waals surface area contributed by atoms with Crippen LogP contribution in [0.5, 0.6) is 0 Å². The lowest BCUT2D eigenvalue weighted by atomic mass is 10.2. The van der Waals surface area contributed by atoms with Gasteiger partial charge in [-0.15, -0.1) is 0 Å². The van der Waals surface area contributed by atoms with Gasteiger partial charge in [0.1, 0.15) is 0 Å². The van der Waals surface area contributed by atoms with Gasteiger partial charge in [0.05, 0.1) is 18.3 Å². The van der Waals surface area contributed by atoms with E-state index in [1.165, 1.54) is 0 Å². The van der Waals surface area contributed by atoms with Crippen LogP contribution in [0.15, 0.2) is 0 Å². The second kappa shape index (κ2) is 3.52. The van der Waals surface area contributed by atoms with E-state index < -0.39 is 0 Å². The smallest absolute Gasteiger partial charge is 0.0754 e. The Morgan fingerprint density at radius 3 is 2.45 bits per heavy atom. The first-order valence-corrected chi connectivity index (χ1v) is 4.18. The molecule has 1 saturated carbocycles. The molecule has 3 heteroatoms. The normalized spacial score (nSPS) is 38.5. The number of rotatable bonds is 2. The quantitative estimate of drug-likeness (QED) is 0.607. The fourth-order valence-electron chi connectivity index (χ4n) is 1.51. The maximum atomic E-state index is 9.22. The molecule has 0 aromatic rings. The van der Waals surface area contributed by atoms with E-state index in [1.807, 2.05) is 13.8 Å². The van der Waals surface area contributed by atoms with Crippen molar-refractivity contribution in [2.75, 3.05) is 0 Å². The summed E-state index contributed by atoms with van der Waals surface area (Å²) in [6.45, 7) is 3.97. The van der Waals surface area contributed by atoms with Crippen LogP contribution in [0.4, 0.5) is 0 Å². The molecule has 0 bridgehead atoms. The van der Waals surface area contributed by atoms with Crippen molar-refractivity contribution >= 4 is 0 Å². The second-order valence-electron chi connectivity index (χ2n) is 3.51. The Labute approximate surface area is 67.5 Å². The van der Waals surface area contributed by atoms with Gasteiger partial charge >= 0.3 is 0 Å². The number of hydrogen-bond acceptors (Lipinski definition) is 3. The Morgan fingerprint density at radius 2 is 2.09 bits per heavy atom. The number of ether oxygens (including phenoxy) is 1. The van der Waals surface area contributed by atoms with Gasteiger partial charge < -0.3 is 15.6 Å². The van der Waals surface area contributed by atoms with Crippen LogP contribution in [0, 0.1) is 0 Å². The zero-order valence-electron chi connectivity index (χ0n) is 7.16. The summed E-state index contributed by atoms with van der Waals surface area (Å²) < 4.78 is 5.51. The molecule has 0 heterocycles. The highest BCUT2D eigenvalue weighted by atomic mass is 16.5. The summed E-state index contributed by atoms with van der Waals surface area (Å²) in [6, 6.07) is 0.0207. The van der Waals surface area contributed by atoms with E-state index in [2.05, 4.69) is 0 Å². The lowest BCUT2D eigenvalue weighted by Gasteiger charge is -2.18. The molecule has 0 aliphatic heterocycles. The Morgan fingerprint density at radius 1 is 1.45 bits per heavy atom. The van der Waals surface area contributed by atoms with E-state index in [9.17, 15) is 5.11 Å². The number of hydrogen-bond donors (Lipinski definition) is 2. The molecular weight excluding hydrogens is 142 g/mol. The third-order valence-electron chi connectivity index (χ3n) is 1.97. The van der Waals surface area contributed by atoms with Gasteiger partial charge in [-0.3, -0.25) is 0 Å². The average molecular weight is 159 g/mol. The van der Waals surface area contributed by atoms with Crippen LogP contribution in [0.2, 0.25) is 0 Å². The first-order chi connectivity index (χ1) is 5.09. The predicted octanol–water partition coefficient (Wildman–Crippen LogP) is 0.262. The van der Waals surface area contributed by atoms with Gasteiger partial charge in [-0.25, -0.2) is 0 Å². The molecular formula is C8H17NO2. The highest BCUT2D eigenvalue weighted by Gasteiger charge is 2.31. The Bertz CT molecular complexity index is 127. The molecule has 0 radical (unpaired) electrons. The van der Waals surface area contributed by atoms with E-state index >= 15 is 0 Å². The van der Waals surface area contributed by atoms with Gasteiger partial charge in [0.15, 0.2) is 0 Å². The minimum Gasteiger partial charge on any atom is -0.393 e. The number of aliphatic hydroxyl groups is 1. The molecule has 3 N–H and O–H groups in total. The lowest BCUT2D eigenvalue weighted by molar-refractivity contribution is -0.00160. The molecule has 1 rings (SSSR count). The van der Waals surface area contributed by atoms with Gasteiger partial charge in [-0.1, -0.05) is 0 Å².